The number of nitrogens with zero attached hydrogens (tertiary/aromatic N) is 2. The largest absolute Gasteiger partial charge is 0.356 e. The van der Waals surface area contributed by atoms with Gasteiger partial charge < -0.3 is 10.6 Å². The van der Waals surface area contributed by atoms with E-state index in [0.29, 0.717) is 11.9 Å². The van der Waals surface area contributed by atoms with Crippen molar-refractivity contribution in [3.05, 3.63) is 18.5 Å². The van der Waals surface area contributed by atoms with E-state index in [1.165, 1.54) is 25.7 Å². The van der Waals surface area contributed by atoms with Crippen molar-refractivity contribution >= 4 is 11.9 Å². The maximum absolute atomic E-state index is 12.0. The fraction of sp³-hybridized carbons (Fsp3) is 0.688. The van der Waals surface area contributed by atoms with Gasteiger partial charge in [0, 0.05) is 31.9 Å². The van der Waals surface area contributed by atoms with Gasteiger partial charge in [-0.05, 0) is 49.5 Å². The number of nitrogens with one attached hydrogen (secondary N) is 2. The molecule has 0 aliphatic heterocycles. The Bertz CT molecular complexity index is 465. The number of hydrogen-bond donors (Lipinski definition) is 2. The van der Waals surface area contributed by atoms with Crippen LogP contribution in [0.5, 0.6) is 0 Å². The van der Waals surface area contributed by atoms with Crippen LogP contribution in [-0.2, 0) is 4.79 Å². The lowest BCUT2D eigenvalue weighted by molar-refractivity contribution is -0.122. The van der Waals surface area contributed by atoms with Crippen molar-refractivity contribution in [2.24, 2.45) is 17.8 Å². The van der Waals surface area contributed by atoms with E-state index < -0.39 is 0 Å². The van der Waals surface area contributed by atoms with Crippen LogP contribution in [0, 0.1) is 17.8 Å². The van der Waals surface area contributed by atoms with E-state index in [4.69, 9.17) is 0 Å². The molecule has 21 heavy (non-hydrogen) atoms. The summed E-state index contributed by atoms with van der Waals surface area (Å²) >= 11 is 0. The van der Waals surface area contributed by atoms with Crippen molar-refractivity contribution in [1.29, 1.82) is 0 Å². The second-order valence-electron chi connectivity index (χ2n) is 6.34. The van der Waals surface area contributed by atoms with Crippen LogP contribution in [0.4, 0.5) is 5.95 Å². The molecule has 0 radical (unpaired) electrons. The smallest absolute Gasteiger partial charge is 0.222 e. The van der Waals surface area contributed by atoms with E-state index in [1.54, 1.807) is 18.5 Å². The van der Waals surface area contributed by atoms with Gasteiger partial charge in [-0.2, -0.15) is 0 Å². The molecular formula is C16H24N4O. The van der Waals surface area contributed by atoms with Crippen LogP contribution in [0.1, 0.15) is 38.5 Å². The van der Waals surface area contributed by atoms with Crippen LogP contribution in [0.15, 0.2) is 18.5 Å². The molecule has 2 fully saturated rings. The third-order valence-electron chi connectivity index (χ3n) is 4.86. The molecule has 2 aliphatic rings. The van der Waals surface area contributed by atoms with Gasteiger partial charge in [-0.15, -0.1) is 0 Å². The average molecular weight is 288 g/mol. The molecule has 1 heterocycles. The molecule has 114 valence electrons. The number of anilines is 1. The Morgan fingerprint density at radius 3 is 2.76 bits per heavy atom. The summed E-state index contributed by atoms with van der Waals surface area (Å²) in [5.41, 5.74) is 0. The van der Waals surface area contributed by atoms with Crippen LogP contribution in [0.2, 0.25) is 0 Å². The number of carbonyl (C=O) groups excluding carboxylic acids is 1. The third-order valence-corrected chi connectivity index (χ3v) is 4.86. The maximum atomic E-state index is 12.0. The summed E-state index contributed by atoms with van der Waals surface area (Å²) in [5.74, 6) is 3.27. The SMILES string of the molecule is O=C(C[C@@H]1C[C@H]2CC[C@H]1C2)NCCCNc1ncccn1. The second kappa shape index (κ2) is 6.87. The number of fused-ring (bicyclic) bond motifs is 2. The molecule has 2 bridgehead atoms. The van der Waals surface area contributed by atoms with Crippen LogP contribution in [-0.4, -0.2) is 29.0 Å². The van der Waals surface area contributed by atoms with Crippen molar-refractivity contribution in [2.45, 2.75) is 38.5 Å². The summed E-state index contributed by atoms with van der Waals surface area (Å²) in [6.45, 7) is 1.50. The first-order valence-corrected chi connectivity index (χ1v) is 8.09. The Labute approximate surface area is 125 Å². The highest BCUT2D eigenvalue weighted by atomic mass is 16.1. The monoisotopic (exact) mass is 288 g/mol. The van der Waals surface area contributed by atoms with Gasteiger partial charge >= 0.3 is 0 Å². The maximum Gasteiger partial charge on any atom is 0.222 e. The summed E-state index contributed by atoms with van der Waals surface area (Å²) in [6.07, 6.45) is 10.5. The first-order valence-electron chi connectivity index (χ1n) is 8.09. The zero-order valence-electron chi connectivity index (χ0n) is 12.4. The highest BCUT2D eigenvalue weighted by Gasteiger charge is 2.39. The van der Waals surface area contributed by atoms with Gasteiger partial charge in [-0.25, -0.2) is 9.97 Å². The van der Waals surface area contributed by atoms with Crippen LogP contribution in [0.3, 0.4) is 0 Å². The standard InChI is InChI=1S/C16H24N4O/c21-15(11-14-10-12-3-4-13(14)9-12)17-5-1-6-18-16-19-7-2-8-20-16/h2,7-8,12-14H,1,3-6,9-11H2,(H,17,21)(H,18,19,20)/t12-,13-,14-/m0/s1. The normalized spacial score (nSPS) is 26.8. The van der Waals surface area contributed by atoms with E-state index in [9.17, 15) is 4.79 Å². The molecule has 0 spiro atoms. The molecule has 2 aliphatic carbocycles. The van der Waals surface area contributed by atoms with E-state index in [1.807, 2.05) is 0 Å². The minimum atomic E-state index is 0.225. The zero-order valence-corrected chi connectivity index (χ0v) is 12.4. The summed E-state index contributed by atoms with van der Waals surface area (Å²) in [5, 5.41) is 6.18. The summed E-state index contributed by atoms with van der Waals surface area (Å²) < 4.78 is 0. The van der Waals surface area contributed by atoms with Crippen molar-refractivity contribution < 1.29 is 4.79 Å². The highest BCUT2D eigenvalue weighted by molar-refractivity contribution is 5.76. The Morgan fingerprint density at radius 1 is 1.19 bits per heavy atom. The van der Waals surface area contributed by atoms with E-state index >= 15 is 0 Å². The minimum Gasteiger partial charge on any atom is -0.356 e. The number of hydrogen-bond acceptors (Lipinski definition) is 4. The van der Waals surface area contributed by atoms with Gasteiger partial charge in [-0.1, -0.05) is 6.42 Å². The molecule has 0 saturated heterocycles. The number of aromatic nitrogens is 2. The van der Waals surface area contributed by atoms with Crippen LogP contribution < -0.4 is 10.6 Å². The molecule has 2 N–H and O–H groups in total. The minimum absolute atomic E-state index is 0.225. The average Bonchev–Trinajstić information content (AvgIpc) is 3.10. The molecule has 1 aromatic rings. The Kier molecular flexibility index (Phi) is 4.68. The molecule has 5 heteroatoms. The highest BCUT2D eigenvalue weighted by Crippen LogP contribution is 2.49. The van der Waals surface area contributed by atoms with E-state index in [2.05, 4.69) is 20.6 Å². The Balaban J connectivity index is 1.26. The number of carbonyl (C=O) groups is 1. The lowest BCUT2D eigenvalue weighted by atomic mass is 9.86. The predicted molar refractivity (Wildman–Crippen MR) is 81.7 cm³/mol. The van der Waals surface area contributed by atoms with Crippen molar-refractivity contribution in [2.75, 3.05) is 18.4 Å². The lowest BCUT2D eigenvalue weighted by Gasteiger charge is -2.20. The zero-order chi connectivity index (χ0) is 14.5. The summed E-state index contributed by atoms with van der Waals surface area (Å²) in [7, 11) is 0. The van der Waals surface area contributed by atoms with Crippen molar-refractivity contribution in [1.82, 2.24) is 15.3 Å². The first kappa shape index (κ1) is 14.3. The van der Waals surface area contributed by atoms with Gasteiger partial charge in [0.05, 0.1) is 0 Å². The molecule has 5 nitrogen and oxygen atoms in total. The van der Waals surface area contributed by atoms with Gasteiger partial charge in [0.2, 0.25) is 11.9 Å². The number of amides is 1. The molecule has 3 atom stereocenters. The first-order chi connectivity index (χ1) is 10.3. The van der Waals surface area contributed by atoms with Gasteiger partial charge in [0.25, 0.3) is 0 Å². The lowest BCUT2D eigenvalue weighted by Crippen LogP contribution is -2.29. The molecule has 1 aromatic heterocycles. The van der Waals surface area contributed by atoms with Crippen molar-refractivity contribution in [3.8, 4) is 0 Å². The van der Waals surface area contributed by atoms with Crippen molar-refractivity contribution in [3.63, 3.8) is 0 Å². The topological polar surface area (TPSA) is 66.9 Å². The third kappa shape index (κ3) is 3.93. The number of rotatable bonds is 7. The quantitative estimate of drug-likeness (QED) is 0.755. The Morgan fingerprint density at radius 2 is 2.05 bits per heavy atom. The molecule has 0 unspecified atom stereocenters. The fourth-order valence-electron chi connectivity index (χ4n) is 3.84. The van der Waals surface area contributed by atoms with Crippen LogP contribution in [0.25, 0.3) is 0 Å². The summed E-state index contributed by atoms with van der Waals surface area (Å²) in [4.78, 5) is 20.1. The molecule has 2 saturated carbocycles. The van der Waals surface area contributed by atoms with Gasteiger partial charge in [-0.3, -0.25) is 4.79 Å². The van der Waals surface area contributed by atoms with E-state index in [0.717, 1.165) is 37.8 Å². The fourth-order valence-corrected chi connectivity index (χ4v) is 3.84. The van der Waals surface area contributed by atoms with Gasteiger partial charge in [0.15, 0.2) is 0 Å². The molecule has 0 aromatic carbocycles. The van der Waals surface area contributed by atoms with Crippen LogP contribution >= 0.6 is 0 Å². The Hall–Kier alpha value is -1.65. The second-order valence-corrected chi connectivity index (χ2v) is 6.34. The molecule has 3 rings (SSSR count). The predicted octanol–water partition coefficient (Wildman–Crippen LogP) is 2.22. The molecule has 1 amide bonds. The van der Waals surface area contributed by atoms with Gasteiger partial charge in [0.1, 0.15) is 0 Å². The molecular weight excluding hydrogens is 264 g/mol. The summed E-state index contributed by atoms with van der Waals surface area (Å²) in [6, 6.07) is 1.79. The van der Waals surface area contributed by atoms with E-state index in [-0.39, 0.29) is 5.91 Å².